The molecule has 0 aromatic heterocycles. The van der Waals surface area contributed by atoms with Gasteiger partial charge in [0.25, 0.3) is 10.2 Å². The SMILES string of the molecule is CC.CCCN(Cc1ccc(OC)c(C)c1)C(=O)C1C(c2ccc(OCCCCOc3c(Cl)cc(C)cc3Cl)cc2)CC23CCCC2N(C(=O)OCCCCO[N+](=O)[O-])C13.NC(=O)OCCCCO[N+](=O)[O-]. The summed E-state index contributed by atoms with van der Waals surface area (Å²) < 4.78 is 27.6. The number of carbonyl (C=O) groups excluding carboxylic acids is 3. The van der Waals surface area contributed by atoms with Gasteiger partial charge < -0.3 is 48.9 Å². The Kier molecular flexibility index (Phi) is 24.0. The maximum absolute atomic E-state index is 15.1. The summed E-state index contributed by atoms with van der Waals surface area (Å²) >= 11 is 12.6. The van der Waals surface area contributed by atoms with Gasteiger partial charge in [0.2, 0.25) is 5.91 Å². The van der Waals surface area contributed by atoms with Crippen molar-refractivity contribution in [2.75, 3.05) is 53.3 Å². The molecule has 19 nitrogen and oxygen atoms in total. The summed E-state index contributed by atoms with van der Waals surface area (Å²) in [5.74, 6) is 1.50. The molecule has 6 rings (SSSR count). The molecule has 5 unspecified atom stereocenters. The zero-order chi connectivity index (χ0) is 52.8. The van der Waals surface area contributed by atoms with Gasteiger partial charge in [0, 0.05) is 24.5 Å². The van der Waals surface area contributed by atoms with Crippen LogP contribution in [0.5, 0.6) is 17.2 Å². The summed E-state index contributed by atoms with van der Waals surface area (Å²) in [7, 11) is 1.65. The number of primary amides is 1. The Hall–Kier alpha value is -5.95. The van der Waals surface area contributed by atoms with Crippen molar-refractivity contribution in [1.82, 2.24) is 9.80 Å². The van der Waals surface area contributed by atoms with Crippen LogP contribution >= 0.6 is 23.2 Å². The number of nitrogens with zero attached hydrogens (tertiary/aromatic N) is 4. The van der Waals surface area contributed by atoms with Gasteiger partial charge in [0.15, 0.2) is 5.75 Å². The van der Waals surface area contributed by atoms with Gasteiger partial charge in [-0.15, -0.1) is 20.2 Å². The van der Waals surface area contributed by atoms with Crippen molar-refractivity contribution in [3.8, 4) is 17.2 Å². The van der Waals surface area contributed by atoms with E-state index in [2.05, 4.69) is 45.3 Å². The van der Waals surface area contributed by atoms with Crippen LogP contribution in [0, 0.1) is 45.4 Å². The highest BCUT2D eigenvalue weighted by Crippen LogP contribution is 2.68. The van der Waals surface area contributed by atoms with E-state index in [9.17, 15) is 29.8 Å². The molecule has 1 heterocycles. The molecule has 3 aromatic carbocycles. The first-order chi connectivity index (χ1) is 34.6. The second-order valence-corrected chi connectivity index (χ2v) is 18.5. The van der Waals surface area contributed by atoms with Gasteiger partial charge in [-0.3, -0.25) is 4.79 Å². The van der Waals surface area contributed by atoms with Crippen molar-refractivity contribution in [1.29, 1.82) is 0 Å². The smallest absolute Gasteiger partial charge is 0.410 e. The third-order valence-electron chi connectivity index (χ3n) is 13.0. The van der Waals surface area contributed by atoms with Crippen molar-refractivity contribution >= 4 is 41.3 Å². The largest absolute Gasteiger partial charge is 0.496 e. The Morgan fingerprint density at radius 2 is 1.40 bits per heavy atom. The van der Waals surface area contributed by atoms with Crippen LogP contribution < -0.4 is 19.9 Å². The van der Waals surface area contributed by atoms with Gasteiger partial charge in [-0.1, -0.05) is 74.7 Å². The van der Waals surface area contributed by atoms with Gasteiger partial charge in [-0.05, 0) is 137 Å². The number of carbonyl (C=O) groups is 3. The number of benzene rings is 3. The number of aryl methyl sites for hydroxylation is 2. The average Bonchev–Trinajstić information content (AvgIpc) is 3.83. The van der Waals surface area contributed by atoms with Crippen molar-refractivity contribution in [3.63, 3.8) is 0 Å². The lowest BCUT2D eigenvalue weighted by molar-refractivity contribution is -0.757. The number of rotatable bonds is 26. The molecule has 0 radical (unpaired) electrons. The number of methoxy groups -OCH3 is 1. The van der Waals surface area contributed by atoms with E-state index in [4.69, 9.17) is 42.1 Å². The van der Waals surface area contributed by atoms with E-state index < -0.39 is 28.3 Å². The van der Waals surface area contributed by atoms with Crippen LogP contribution in [-0.2, 0) is 30.5 Å². The maximum Gasteiger partial charge on any atom is 0.410 e. The Morgan fingerprint density at radius 1 is 0.819 bits per heavy atom. The second kappa shape index (κ2) is 29.5. The molecule has 3 aromatic rings. The summed E-state index contributed by atoms with van der Waals surface area (Å²) in [6, 6.07) is 17.5. The summed E-state index contributed by atoms with van der Waals surface area (Å²) in [6.45, 7) is 12.2. The molecule has 1 spiro atoms. The first kappa shape index (κ1) is 58.6. The van der Waals surface area contributed by atoms with Crippen LogP contribution in [0.3, 0.4) is 0 Å². The molecular formula is C51H71Cl2N5O14. The van der Waals surface area contributed by atoms with Crippen molar-refractivity contribution in [2.24, 2.45) is 17.1 Å². The van der Waals surface area contributed by atoms with Crippen molar-refractivity contribution in [3.05, 3.63) is 107 Å². The van der Waals surface area contributed by atoms with Gasteiger partial charge in [0.1, 0.15) is 11.5 Å². The molecule has 398 valence electrons. The molecule has 2 N–H and O–H groups in total. The van der Waals surface area contributed by atoms with Crippen LogP contribution in [0.4, 0.5) is 9.59 Å². The fourth-order valence-corrected chi connectivity index (χ4v) is 10.8. The van der Waals surface area contributed by atoms with Crippen LogP contribution in [0.2, 0.25) is 10.0 Å². The Balaban J connectivity index is 0.000000705. The minimum Gasteiger partial charge on any atom is -0.496 e. The van der Waals surface area contributed by atoms with E-state index >= 15 is 4.79 Å². The van der Waals surface area contributed by atoms with E-state index in [1.54, 1.807) is 7.11 Å². The predicted octanol–water partition coefficient (Wildman–Crippen LogP) is 10.8. The highest BCUT2D eigenvalue weighted by molar-refractivity contribution is 6.37. The zero-order valence-electron chi connectivity index (χ0n) is 42.3. The third-order valence-corrected chi connectivity index (χ3v) is 13.5. The number of halogens is 2. The second-order valence-electron chi connectivity index (χ2n) is 17.7. The first-order valence-electron chi connectivity index (χ1n) is 24.8. The highest BCUT2D eigenvalue weighted by atomic mass is 35.5. The molecule has 5 atom stereocenters. The lowest BCUT2D eigenvalue weighted by Crippen LogP contribution is -2.71. The quantitative estimate of drug-likeness (QED) is 0.0447. The minimum absolute atomic E-state index is 0.00312. The number of ether oxygens (including phenoxy) is 5. The van der Waals surface area contributed by atoms with E-state index in [1.807, 2.05) is 73.9 Å². The predicted molar refractivity (Wildman–Crippen MR) is 270 cm³/mol. The molecule has 3 fully saturated rings. The minimum atomic E-state index is -0.866. The third kappa shape index (κ3) is 16.3. The normalized spacial score (nSPS) is 19.1. The van der Waals surface area contributed by atoms with E-state index in [0.29, 0.717) is 67.8 Å². The van der Waals surface area contributed by atoms with Crippen LogP contribution in [0.1, 0.15) is 120 Å². The molecule has 2 aliphatic carbocycles. The Labute approximate surface area is 432 Å². The number of hydrogen-bond donors (Lipinski definition) is 1. The lowest BCUT2D eigenvalue weighted by atomic mass is 9.66. The van der Waals surface area contributed by atoms with Crippen molar-refractivity contribution in [2.45, 2.75) is 130 Å². The first-order valence-corrected chi connectivity index (χ1v) is 25.5. The molecule has 1 saturated heterocycles. The fourth-order valence-electron chi connectivity index (χ4n) is 10.1. The monoisotopic (exact) mass is 1050 g/mol. The summed E-state index contributed by atoms with van der Waals surface area (Å²) in [4.78, 5) is 71.3. The number of likely N-dealkylation sites (tertiary alicyclic amines) is 1. The Morgan fingerprint density at radius 3 is 1.97 bits per heavy atom. The molecule has 3 aliphatic rings. The standard InChI is InChI=1S/C44H55Cl2N3O9.C5H10N2O5.C2H6/c1-5-19-47(28-31-12-17-37(54-4)30(3)26-31)42(50)39-34(27-44-18-10-11-38(44)48(41(39)44)43(51)57-22-8-9-23-58-49(52)53)32-13-15-33(16-14-32)55-20-6-7-21-56-40-35(45)24-29(2)25-36(40)46;6-5(8)11-3-1-2-4-12-7(9)10;1-2/h12-17,24-26,34,38-39,41H,5-11,18-23,27-28H2,1-4H3;1-4H2,(H2,6,8);1-2H3. The maximum atomic E-state index is 15.1. The Bertz CT molecular complexity index is 2200. The number of unbranched alkanes of at least 4 members (excludes halogenated alkanes) is 3. The number of amides is 3. The average molecular weight is 1050 g/mol. The van der Waals surface area contributed by atoms with Crippen LogP contribution in [0.25, 0.3) is 0 Å². The van der Waals surface area contributed by atoms with E-state index in [-0.39, 0.29) is 55.8 Å². The lowest BCUT2D eigenvalue weighted by Gasteiger charge is -2.58. The molecule has 72 heavy (non-hydrogen) atoms. The molecular weight excluding hydrogens is 977 g/mol. The van der Waals surface area contributed by atoms with Gasteiger partial charge in [-0.2, -0.15) is 0 Å². The highest BCUT2D eigenvalue weighted by Gasteiger charge is 2.73. The molecule has 3 amide bonds. The molecule has 2 saturated carbocycles. The van der Waals surface area contributed by atoms with Gasteiger partial charge in [0.05, 0.1) is 68.8 Å². The van der Waals surface area contributed by atoms with Crippen LogP contribution in [0.15, 0.2) is 54.6 Å². The van der Waals surface area contributed by atoms with E-state index in [1.165, 1.54) is 0 Å². The summed E-state index contributed by atoms with van der Waals surface area (Å²) in [6.07, 6.45) is 6.41. The molecule has 0 bridgehead atoms. The van der Waals surface area contributed by atoms with E-state index in [0.717, 1.165) is 78.7 Å². The van der Waals surface area contributed by atoms with Gasteiger partial charge in [-0.25, -0.2) is 9.59 Å². The van der Waals surface area contributed by atoms with Crippen LogP contribution in [-0.4, -0.2) is 103 Å². The zero-order valence-corrected chi connectivity index (χ0v) is 43.8. The fraction of sp³-hybridized carbons (Fsp3) is 0.588. The molecule has 21 heteroatoms. The topological polar surface area (TPSA) is 235 Å². The number of hydrogen-bond acceptors (Lipinski definition) is 14. The molecule has 1 aliphatic heterocycles. The van der Waals surface area contributed by atoms with Gasteiger partial charge >= 0.3 is 12.2 Å². The summed E-state index contributed by atoms with van der Waals surface area (Å²) in [5.41, 5.74) is 8.52. The van der Waals surface area contributed by atoms with Crippen molar-refractivity contribution < 1.29 is 57.9 Å². The number of nitrogens with two attached hydrogens (primary N) is 1. The summed E-state index contributed by atoms with van der Waals surface area (Å²) in [5, 5.41) is 19.4.